The van der Waals surface area contributed by atoms with Crippen LogP contribution in [0.15, 0.2) is 0 Å². The molecule has 0 aromatic carbocycles. The average Bonchev–Trinajstić information content (AvgIpc) is 2.32. The number of morpholine rings is 1. The van der Waals surface area contributed by atoms with Crippen LogP contribution in [0.2, 0.25) is 0 Å². The number of hydrogen-bond acceptors (Lipinski definition) is 3. The van der Waals surface area contributed by atoms with Crippen molar-refractivity contribution in [2.45, 2.75) is 58.6 Å². The summed E-state index contributed by atoms with van der Waals surface area (Å²) in [6.07, 6.45) is 5.79. The van der Waals surface area contributed by atoms with Gasteiger partial charge in [-0.05, 0) is 26.8 Å². The summed E-state index contributed by atoms with van der Waals surface area (Å²) in [5, 5.41) is 3.54. The van der Waals surface area contributed by atoms with Crippen molar-refractivity contribution in [3.63, 3.8) is 0 Å². The van der Waals surface area contributed by atoms with Gasteiger partial charge in [-0.15, -0.1) is 0 Å². The number of nitrogens with one attached hydrogen (secondary N) is 1. The Kier molecular flexibility index (Phi) is 7.82. The lowest BCUT2D eigenvalue weighted by molar-refractivity contribution is -0.0486. The van der Waals surface area contributed by atoms with Gasteiger partial charge in [0.15, 0.2) is 0 Å². The summed E-state index contributed by atoms with van der Waals surface area (Å²) in [6.45, 7) is 12.1. The molecule has 0 aromatic rings. The van der Waals surface area contributed by atoms with E-state index in [1.807, 2.05) is 0 Å². The van der Waals surface area contributed by atoms with Crippen LogP contribution in [0.3, 0.4) is 0 Å². The van der Waals surface area contributed by atoms with Gasteiger partial charge < -0.3 is 10.1 Å². The van der Waals surface area contributed by atoms with Crippen LogP contribution in [-0.4, -0.2) is 49.8 Å². The van der Waals surface area contributed by atoms with Crippen LogP contribution in [0.1, 0.15) is 46.5 Å². The highest BCUT2D eigenvalue weighted by atomic mass is 16.5. The summed E-state index contributed by atoms with van der Waals surface area (Å²) in [6, 6.07) is 0.577. The molecule has 1 fully saturated rings. The average molecular weight is 242 g/mol. The Labute approximate surface area is 107 Å². The molecule has 0 aliphatic carbocycles. The topological polar surface area (TPSA) is 24.5 Å². The predicted octanol–water partition coefficient (Wildman–Crippen LogP) is 2.27. The quantitative estimate of drug-likeness (QED) is 0.661. The smallest absolute Gasteiger partial charge is 0.0674 e. The van der Waals surface area contributed by atoms with Crippen LogP contribution in [0.25, 0.3) is 0 Å². The minimum absolute atomic E-state index is 0.399. The highest BCUT2D eigenvalue weighted by Gasteiger charge is 2.22. The molecule has 0 radical (unpaired) electrons. The fourth-order valence-electron chi connectivity index (χ4n) is 2.31. The number of nitrogens with zero attached hydrogens (tertiary/aromatic N) is 1. The summed E-state index contributed by atoms with van der Waals surface area (Å²) >= 11 is 0. The SMILES string of the molecule is CCCCCCNCCN1CC(C)OCC1C. The zero-order valence-electron chi connectivity index (χ0n) is 11.9. The van der Waals surface area contributed by atoms with Gasteiger partial charge in [0, 0.05) is 25.7 Å². The van der Waals surface area contributed by atoms with E-state index in [9.17, 15) is 0 Å². The molecule has 0 bridgehead atoms. The fraction of sp³-hybridized carbons (Fsp3) is 1.00. The van der Waals surface area contributed by atoms with Gasteiger partial charge in [-0.3, -0.25) is 4.90 Å². The van der Waals surface area contributed by atoms with E-state index in [-0.39, 0.29) is 0 Å². The first-order valence-electron chi connectivity index (χ1n) is 7.30. The van der Waals surface area contributed by atoms with Crippen LogP contribution in [0.4, 0.5) is 0 Å². The molecule has 1 N–H and O–H groups in total. The Morgan fingerprint density at radius 2 is 2.00 bits per heavy atom. The molecule has 1 aliphatic rings. The zero-order chi connectivity index (χ0) is 12.5. The van der Waals surface area contributed by atoms with Crippen LogP contribution in [0, 0.1) is 0 Å². The van der Waals surface area contributed by atoms with Crippen molar-refractivity contribution >= 4 is 0 Å². The van der Waals surface area contributed by atoms with E-state index >= 15 is 0 Å². The van der Waals surface area contributed by atoms with Crippen LogP contribution < -0.4 is 5.32 Å². The van der Waals surface area contributed by atoms with Crippen molar-refractivity contribution in [1.82, 2.24) is 10.2 Å². The highest BCUT2D eigenvalue weighted by Crippen LogP contribution is 2.10. The number of hydrogen-bond donors (Lipinski definition) is 1. The molecule has 102 valence electrons. The maximum absolute atomic E-state index is 5.63. The minimum Gasteiger partial charge on any atom is -0.376 e. The molecule has 3 heteroatoms. The molecular weight excluding hydrogens is 212 g/mol. The number of rotatable bonds is 8. The second-order valence-corrected chi connectivity index (χ2v) is 5.30. The van der Waals surface area contributed by atoms with Gasteiger partial charge in [-0.25, -0.2) is 0 Å². The largest absolute Gasteiger partial charge is 0.376 e. The van der Waals surface area contributed by atoms with E-state index < -0.39 is 0 Å². The Bertz CT molecular complexity index is 187. The van der Waals surface area contributed by atoms with Crippen molar-refractivity contribution in [3.05, 3.63) is 0 Å². The third-order valence-electron chi connectivity index (χ3n) is 3.52. The second kappa shape index (κ2) is 8.90. The molecule has 0 amide bonds. The van der Waals surface area contributed by atoms with Gasteiger partial charge in [0.25, 0.3) is 0 Å². The maximum atomic E-state index is 5.63. The van der Waals surface area contributed by atoms with Crippen LogP contribution >= 0.6 is 0 Å². The summed E-state index contributed by atoms with van der Waals surface area (Å²) in [5.41, 5.74) is 0. The van der Waals surface area contributed by atoms with Gasteiger partial charge >= 0.3 is 0 Å². The molecule has 1 saturated heterocycles. The molecule has 3 nitrogen and oxygen atoms in total. The lowest BCUT2D eigenvalue weighted by Crippen LogP contribution is -2.49. The minimum atomic E-state index is 0.399. The van der Waals surface area contributed by atoms with Gasteiger partial charge in [0.2, 0.25) is 0 Å². The lowest BCUT2D eigenvalue weighted by atomic mass is 10.2. The summed E-state index contributed by atoms with van der Waals surface area (Å²) in [7, 11) is 0. The molecule has 17 heavy (non-hydrogen) atoms. The lowest BCUT2D eigenvalue weighted by Gasteiger charge is -2.36. The van der Waals surface area contributed by atoms with E-state index in [0.29, 0.717) is 12.1 Å². The standard InChI is InChI=1S/C14H30N2O/c1-4-5-6-7-8-15-9-10-16-11-14(3)17-12-13(16)2/h13-15H,4-12H2,1-3H3. The van der Waals surface area contributed by atoms with E-state index in [0.717, 1.165) is 26.2 Å². The molecule has 2 unspecified atom stereocenters. The van der Waals surface area contributed by atoms with Crippen molar-refractivity contribution in [2.75, 3.05) is 32.8 Å². The summed E-state index contributed by atoms with van der Waals surface area (Å²) in [5.74, 6) is 0. The van der Waals surface area contributed by atoms with Crippen LogP contribution in [0.5, 0.6) is 0 Å². The fourth-order valence-corrected chi connectivity index (χ4v) is 2.31. The maximum Gasteiger partial charge on any atom is 0.0674 e. The normalized spacial score (nSPS) is 26.3. The third kappa shape index (κ3) is 6.39. The van der Waals surface area contributed by atoms with E-state index in [1.165, 1.54) is 32.2 Å². The first-order valence-corrected chi connectivity index (χ1v) is 7.30. The Balaban J connectivity index is 1.97. The second-order valence-electron chi connectivity index (χ2n) is 5.30. The molecular formula is C14H30N2O. The number of ether oxygens (including phenoxy) is 1. The third-order valence-corrected chi connectivity index (χ3v) is 3.52. The summed E-state index contributed by atoms with van der Waals surface area (Å²) < 4.78 is 5.63. The molecule has 2 atom stereocenters. The van der Waals surface area contributed by atoms with E-state index in [1.54, 1.807) is 0 Å². The van der Waals surface area contributed by atoms with Gasteiger partial charge in [-0.1, -0.05) is 26.2 Å². The Morgan fingerprint density at radius 1 is 1.18 bits per heavy atom. The van der Waals surface area contributed by atoms with E-state index in [2.05, 4.69) is 31.0 Å². The van der Waals surface area contributed by atoms with Gasteiger partial charge in [-0.2, -0.15) is 0 Å². The Hall–Kier alpha value is -0.120. The predicted molar refractivity (Wildman–Crippen MR) is 73.5 cm³/mol. The molecule has 1 rings (SSSR count). The van der Waals surface area contributed by atoms with Crippen molar-refractivity contribution in [3.8, 4) is 0 Å². The summed E-state index contributed by atoms with van der Waals surface area (Å²) in [4.78, 5) is 2.53. The molecule has 0 aromatic heterocycles. The van der Waals surface area contributed by atoms with Gasteiger partial charge in [0.1, 0.15) is 0 Å². The highest BCUT2D eigenvalue weighted by molar-refractivity contribution is 4.75. The molecule has 1 aliphatic heterocycles. The van der Waals surface area contributed by atoms with E-state index in [4.69, 9.17) is 4.74 Å². The monoisotopic (exact) mass is 242 g/mol. The first-order chi connectivity index (χ1) is 8.24. The molecule has 0 saturated carbocycles. The van der Waals surface area contributed by atoms with Crippen LogP contribution in [-0.2, 0) is 4.74 Å². The number of unbranched alkanes of at least 4 members (excludes halogenated alkanes) is 3. The molecule has 1 heterocycles. The Morgan fingerprint density at radius 3 is 2.76 bits per heavy atom. The van der Waals surface area contributed by atoms with Gasteiger partial charge in [0.05, 0.1) is 12.7 Å². The molecule has 0 spiro atoms. The van der Waals surface area contributed by atoms with Crippen molar-refractivity contribution in [2.24, 2.45) is 0 Å². The van der Waals surface area contributed by atoms with Crippen molar-refractivity contribution < 1.29 is 4.74 Å². The first kappa shape index (κ1) is 14.9. The van der Waals surface area contributed by atoms with Crippen molar-refractivity contribution in [1.29, 1.82) is 0 Å². The zero-order valence-corrected chi connectivity index (χ0v) is 11.9.